The third-order valence-corrected chi connectivity index (χ3v) is 4.75. The second-order valence-corrected chi connectivity index (χ2v) is 5.92. The smallest absolute Gasteiger partial charge is 0.260 e. The minimum absolute atomic E-state index is 0.110. The predicted molar refractivity (Wildman–Crippen MR) is 76.4 cm³/mol. The first kappa shape index (κ1) is 13.7. The minimum Gasteiger partial charge on any atom is -0.397 e. The number of thiophene rings is 1. The molecule has 1 aromatic rings. The van der Waals surface area contributed by atoms with E-state index in [2.05, 4.69) is 11.8 Å². The van der Waals surface area contributed by atoms with Gasteiger partial charge in [0.25, 0.3) is 11.8 Å². The molecule has 0 bridgehead atoms. The second-order valence-electron chi connectivity index (χ2n) is 4.92. The third kappa shape index (κ3) is 2.51. The van der Waals surface area contributed by atoms with Crippen LogP contribution in [0.5, 0.6) is 0 Å². The average Bonchev–Trinajstić information content (AvgIpc) is 2.68. The summed E-state index contributed by atoms with van der Waals surface area (Å²) in [6, 6.07) is 0. The Labute approximate surface area is 115 Å². The molecule has 0 aromatic carbocycles. The standard InChI is InChI=1S/C12H18N4O2S/c1-6-2-4-16(5-3-6)12-7(10(14)17)8(13)9(19-12)11(15)18/h6H,2-5,13H2,1H3,(H2,14,17)(H2,15,18). The van der Waals surface area contributed by atoms with E-state index in [1.165, 1.54) is 0 Å². The molecule has 1 saturated heterocycles. The van der Waals surface area contributed by atoms with Gasteiger partial charge in [0.2, 0.25) is 0 Å². The quantitative estimate of drug-likeness (QED) is 0.759. The molecule has 19 heavy (non-hydrogen) atoms. The largest absolute Gasteiger partial charge is 0.397 e. The average molecular weight is 282 g/mol. The van der Waals surface area contributed by atoms with Crippen molar-refractivity contribution in [2.24, 2.45) is 17.4 Å². The molecule has 0 unspecified atom stereocenters. The Bertz CT molecular complexity index is 518. The van der Waals surface area contributed by atoms with Crippen molar-refractivity contribution in [3.8, 4) is 0 Å². The topological polar surface area (TPSA) is 115 Å². The first-order chi connectivity index (χ1) is 8.91. The van der Waals surface area contributed by atoms with Gasteiger partial charge >= 0.3 is 0 Å². The van der Waals surface area contributed by atoms with Gasteiger partial charge in [-0.1, -0.05) is 6.92 Å². The van der Waals surface area contributed by atoms with Crippen molar-refractivity contribution in [1.29, 1.82) is 0 Å². The summed E-state index contributed by atoms with van der Waals surface area (Å²) in [5, 5.41) is 0.672. The molecule has 0 atom stereocenters. The van der Waals surface area contributed by atoms with Crippen LogP contribution in [0.4, 0.5) is 10.7 Å². The maximum Gasteiger partial charge on any atom is 0.260 e. The summed E-state index contributed by atoms with van der Waals surface area (Å²) in [4.78, 5) is 25.2. The number of piperidine rings is 1. The summed E-state index contributed by atoms with van der Waals surface area (Å²) in [6.45, 7) is 3.86. The molecule has 6 N–H and O–H groups in total. The molecular formula is C12H18N4O2S. The van der Waals surface area contributed by atoms with E-state index in [-0.39, 0.29) is 16.1 Å². The highest BCUT2D eigenvalue weighted by molar-refractivity contribution is 7.19. The summed E-state index contributed by atoms with van der Waals surface area (Å²) in [5.74, 6) is -0.572. The SMILES string of the molecule is CC1CCN(c2sc(C(N)=O)c(N)c2C(N)=O)CC1. The van der Waals surface area contributed by atoms with E-state index in [1.54, 1.807) is 0 Å². The third-order valence-electron chi connectivity index (χ3n) is 3.47. The first-order valence-electron chi connectivity index (χ1n) is 6.18. The van der Waals surface area contributed by atoms with Crippen LogP contribution in [0.25, 0.3) is 0 Å². The lowest BCUT2D eigenvalue weighted by atomic mass is 9.99. The number of primary amides is 2. The van der Waals surface area contributed by atoms with E-state index in [1.807, 2.05) is 0 Å². The number of carbonyl (C=O) groups excluding carboxylic acids is 2. The summed E-state index contributed by atoms with van der Waals surface area (Å²) in [5.41, 5.74) is 16.8. The van der Waals surface area contributed by atoms with Crippen LogP contribution >= 0.6 is 11.3 Å². The van der Waals surface area contributed by atoms with Gasteiger partial charge in [0.05, 0.1) is 11.3 Å². The van der Waals surface area contributed by atoms with Gasteiger partial charge in [0.15, 0.2) is 0 Å². The lowest BCUT2D eigenvalue weighted by molar-refractivity contribution is 0.0999. The van der Waals surface area contributed by atoms with Crippen molar-refractivity contribution in [2.45, 2.75) is 19.8 Å². The fourth-order valence-electron chi connectivity index (χ4n) is 2.29. The van der Waals surface area contributed by atoms with Crippen LogP contribution in [0.2, 0.25) is 0 Å². The number of anilines is 2. The van der Waals surface area contributed by atoms with E-state index in [4.69, 9.17) is 17.2 Å². The number of carbonyl (C=O) groups is 2. The lowest BCUT2D eigenvalue weighted by Crippen LogP contribution is -2.33. The Morgan fingerprint density at radius 3 is 2.26 bits per heavy atom. The highest BCUT2D eigenvalue weighted by Gasteiger charge is 2.28. The van der Waals surface area contributed by atoms with E-state index in [0.717, 1.165) is 37.3 Å². The zero-order valence-corrected chi connectivity index (χ0v) is 11.6. The van der Waals surface area contributed by atoms with E-state index < -0.39 is 11.8 Å². The van der Waals surface area contributed by atoms with Gasteiger partial charge in [0.1, 0.15) is 9.88 Å². The molecule has 0 spiro atoms. The van der Waals surface area contributed by atoms with Crippen molar-refractivity contribution in [2.75, 3.05) is 23.7 Å². The van der Waals surface area contributed by atoms with Gasteiger partial charge in [0, 0.05) is 13.1 Å². The van der Waals surface area contributed by atoms with Crippen LogP contribution < -0.4 is 22.1 Å². The number of nitrogens with two attached hydrogens (primary N) is 3. The highest BCUT2D eigenvalue weighted by atomic mass is 32.1. The summed E-state index contributed by atoms with van der Waals surface area (Å²) >= 11 is 1.16. The molecule has 2 rings (SSSR count). The van der Waals surface area contributed by atoms with Crippen LogP contribution in [-0.2, 0) is 0 Å². The van der Waals surface area contributed by atoms with Gasteiger partial charge in [-0.2, -0.15) is 0 Å². The maximum atomic E-state index is 11.6. The van der Waals surface area contributed by atoms with Crippen LogP contribution in [-0.4, -0.2) is 24.9 Å². The number of hydrogen-bond acceptors (Lipinski definition) is 5. The Morgan fingerprint density at radius 2 is 1.79 bits per heavy atom. The fourth-order valence-corrected chi connectivity index (χ4v) is 3.42. The van der Waals surface area contributed by atoms with Gasteiger partial charge in [-0.05, 0) is 18.8 Å². The Hall–Kier alpha value is -1.76. The highest BCUT2D eigenvalue weighted by Crippen LogP contribution is 2.39. The predicted octanol–water partition coefficient (Wildman–Crippen LogP) is 0.764. The van der Waals surface area contributed by atoms with E-state index in [0.29, 0.717) is 10.9 Å². The molecular weight excluding hydrogens is 264 g/mol. The van der Waals surface area contributed by atoms with Crippen molar-refractivity contribution in [3.63, 3.8) is 0 Å². The lowest BCUT2D eigenvalue weighted by Gasteiger charge is -2.31. The molecule has 1 aromatic heterocycles. The summed E-state index contributed by atoms with van der Waals surface area (Å²) < 4.78 is 0. The Balaban J connectivity index is 2.41. The van der Waals surface area contributed by atoms with Gasteiger partial charge in [-0.3, -0.25) is 9.59 Å². The summed E-state index contributed by atoms with van der Waals surface area (Å²) in [7, 11) is 0. The van der Waals surface area contributed by atoms with Crippen LogP contribution in [0.15, 0.2) is 0 Å². The molecule has 6 nitrogen and oxygen atoms in total. The molecule has 1 aliphatic rings. The normalized spacial score (nSPS) is 16.6. The molecule has 104 valence electrons. The molecule has 1 aliphatic heterocycles. The Morgan fingerprint density at radius 1 is 1.21 bits per heavy atom. The molecule has 2 heterocycles. The van der Waals surface area contributed by atoms with Crippen molar-refractivity contribution < 1.29 is 9.59 Å². The molecule has 0 radical (unpaired) electrons. The van der Waals surface area contributed by atoms with E-state index in [9.17, 15) is 9.59 Å². The molecule has 7 heteroatoms. The van der Waals surface area contributed by atoms with Gasteiger partial charge in [-0.25, -0.2) is 0 Å². The zero-order valence-electron chi connectivity index (χ0n) is 10.8. The zero-order chi connectivity index (χ0) is 14.2. The molecule has 1 fully saturated rings. The fraction of sp³-hybridized carbons (Fsp3) is 0.500. The second kappa shape index (κ2) is 5.08. The van der Waals surface area contributed by atoms with Crippen molar-refractivity contribution in [3.05, 3.63) is 10.4 Å². The molecule has 0 aliphatic carbocycles. The Kier molecular flexibility index (Phi) is 3.66. The van der Waals surface area contributed by atoms with Crippen molar-refractivity contribution in [1.82, 2.24) is 0 Å². The van der Waals surface area contributed by atoms with Gasteiger partial charge < -0.3 is 22.1 Å². The van der Waals surface area contributed by atoms with Crippen LogP contribution in [0, 0.1) is 5.92 Å². The van der Waals surface area contributed by atoms with Crippen LogP contribution in [0.3, 0.4) is 0 Å². The number of nitrogens with zero attached hydrogens (tertiary/aromatic N) is 1. The van der Waals surface area contributed by atoms with Crippen LogP contribution in [0.1, 0.15) is 39.8 Å². The van der Waals surface area contributed by atoms with Crippen molar-refractivity contribution >= 4 is 33.8 Å². The minimum atomic E-state index is -0.623. The first-order valence-corrected chi connectivity index (χ1v) is 7.00. The number of amides is 2. The number of hydrogen-bond donors (Lipinski definition) is 3. The monoisotopic (exact) mass is 282 g/mol. The molecule has 0 saturated carbocycles. The van der Waals surface area contributed by atoms with Gasteiger partial charge in [-0.15, -0.1) is 11.3 Å². The number of rotatable bonds is 3. The summed E-state index contributed by atoms with van der Waals surface area (Å²) in [6.07, 6.45) is 2.09. The molecule has 2 amide bonds. The van der Waals surface area contributed by atoms with E-state index >= 15 is 0 Å². The maximum absolute atomic E-state index is 11.6. The number of nitrogen functional groups attached to an aromatic ring is 1.